The molecule has 1 atom stereocenters. The van der Waals surface area contributed by atoms with Gasteiger partial charge in [-0.05, 0) is 24.0 Å². The van der Waals surface area contributed by atoms with E-state index in [0.717, 1.165) is 11.1 Å². The van der Waals surface area contributed by atoms with E-state index in [1.165, 1.54) is 0 Å². The van der Waals surface area contributed by atoms with E-state index < -0.39 is 12.0 Å². The van der Waals surface area contributed by atoms with Gasteiger partial charge in [0.2, 0.25) is 5.91 Å². The molecule has 0 saturated carbocycles. The van der Waals surface area contributed by atoms with Crippen LogP contribution in [0, 0.1) is 0 Å². The van der Waals surface area contributed by atoms with Gasteiger partial charge in [0.05, 0.1) is 0 Å². The molecule has 0 unspecified atom stereocenters. The van der Waals surface area contributed by atoms with Crippen molar-refractivity contribution in [1.82, 2.24) is 5.32 Å². The predicted octanol–water partition coefficient (Wildman–Crippen LogP) is 1.90. The first-order chi connectivity index (χ1) is 14.0. The van der Waals surface area contributed by atoms with Gasteiger partial charge in [0.1, 0.15) is 12.6 Å². The fraction of sp³-hybridized carbons (Fsp3) is 0.318. The van der Waals surface area contributed by atoms with E-state index in [0.29, 0.717) is 25.8 Å². The van der Waals surface area contributed by atoms with E-state index in [9.17, 15) is 9.59 Å². The van der Waals surface area contributed by atoms with Gasteiger partial charge in [-0.1, -0.05) is 60.7 Å². The zero-order valence-electron chi connectivity index (χ0n) is 16.4. The van der Waals surface area contributed by atoms with Crippen LogP contribution < -0.4 is 16.8 Å². The zero-order valence-corrected chi connectivity index (χ0v) is 16.4. The van der Waals surface area contributed by atoms with Gasteiger partial charge >= 0.3 is 5.97 Å². The van der Waals surface area contributed by atoms with Crippen molar-refractivity contribution in [2.24, 2.45) is 16.5 Å². The Bertz CT molecular complexity index is 790. The summed E-state index contributed by atoms with van der Waals surface area (Å²) in [6.07, 6.45) is 1.97. The Hall–Kier alpha value is -3.35. The van der Waals surface area contributed by atoms with E-state index >= 15 is 0 Å². The number of unbranched alkanes of at least 4 members (excludes halogenated alkanes) is 1. The Morgan fingerprint density at radius 3 is 2.17 bits per heavy atom. The molecule has 2 aromatic carbocycles. The fourth-order valence-corrected chi connectivity index (χ4v) is 2.74. The van der Waals surface area contributed by atoms with Crippen LogP contribution in [-0.2, 0) is 27.4 Å². The average Bonchev–Trinajstić information content (AvgIpc) is 2.72. The minimum atomic E-state index is -0.744. The van der Waals surface area contributed by atoms with Gasteiger partial charge in [0.25, 0.3) is 0 Å². The number of amides is 1. The quantitative estimate of drug-likeness (QED) is 0.232. The standard InChI is InChI=1S/C22H28N4O3/c23-22(24)25-14-8-7-13-20(27)26-19(15-17-9-3-1-4-10-17)21(28)29-16-18-11-5-2-6-12-18/h1-6,9-12,19H,7-8,13-16H2,(H,26,27)(H4,23,24,25)/t19-/m0/s1. The van der Waals surface area contributed by atoms with Crippen molar-refractivity contribution in [3.05, 3.63) is 71.8 Å². The average molecular weight is 396 g/mol. The smallest absolute Gasteiger partial charge is 0.329 e. The van der Waals surface area contributed by atoms with Crippen LogP contribution in [0.2, 0.25) is 0 Å². The lowest BCUT2D eigenvalue weighted by Gasteiger charge is -2.18. The number of benzene rings is 2. The molecular formula is C22H28N4O3. The summed E-state index contributed by atoms with van der Waals surface area (Å²) in [4.78, 5) is 28.8. The molecule has 0 aliphatic heterocycles. The van der Waals surface area contributed by atoms with Crippen LogP contribution in [-0.4, -0.2) is 30.4 Å². The summed E-state index contributed by atoms with van der Waals surface area (Å²) in [5.74, 6) is -0.614. The number of rotatable bonds is 11. The van der Waals surface area contributed by atoms with Crippen LogP contribution >= 0.6 is 0 Å². The summed E-state index contributed by atoms with van der Waals surface area (Å²) in [5, 5.41) is 2.80. The van der Waals surface area contributed by atoms with Crippen LogP contribution in [0.5, 0.6) is 0 Å². The molecule has 0 bridgehead atoms. The van der Waals surface area contributed by atoms with Crippen LogP contribution in [0.1, 0.15) is 30.4 Å². The van der Waals surface area contributed by atoms with E-state index in [-0.39, 0.29) is 24.9 Å². The first-order valence-corrected chi connectivity index (χ1v) is 9.64. The molecule has 0 aromatic heterocycles. The molecule has 0 saturated heterocycles. The normalized spacial score (nSPS) is 11.3. The molecule has 0 aliphatic carbocycles. The molecule has 5 N–H and O–H groups in total. The van der Waals surface area contributed by atoms with Gasteiger partial charge < -0.3 is 21.5 Å². The molecule has 0 spiro atoms. The number of ether oxygens (including phenoxy) is 1. The van der Waals surface area contributed by atoms with Crippen molar-refractivity contribution in [3.8, 4) is 0 Å². The largest absolute Gasteiger partial charge is 0.459 e. The minimum Gasteiger partial charge on any atom is -0.459 e. The molecule has 2 rings (SSSR count). The molecule has 154 valence electrons. The summed E-state index contributed by atoms with van der Waals surface area (Å²) < 4.78 is 5.43. The maximum atomic E-state index is 12.6. The van der Waals surface area contributed by atoms with Crippen LogP contribution in [0.25, 0.3) is 0 Å². The molecule has 0 heterocycles. The lowest BCUT2D eigenvalue weighted by atomic mass is 10.1. The van der Waals surface area contributed by atoms with Gasteiger partial charge in [-0.3, -0.25) is 9.79 Å². The number of aliphatic imine (C=N–C) groups is 1. The van der Waals surface area contributed by atoms with Gasteiger partial charge in [-0.25, -0.2) is 4.79 Å². The number of hydrogen-bond donors (Lipinski definition) is 3. The summed E-state index contributed by atoms with van der Waals surface area (Å²) in [6, 6.07) is 18.2. The number of guanidine groups is 1. The minimum absolute atomic E-state index is 0.0403. The third-order valence-electron chi connectivity index (χ3n) is 4.23. The van der Waals surface area contributed by atoms with E-state index in [1.54, 1.807) is 0 Å². The predicted molar refractivity (Wildman–Crippen MR) is 113 cm³/mol. The number of nitrogens with one attached hydrogen (secondary N) is 1. The highest BCUT2D eigenvalue weighted by molar-refractivity contribution is 5.84. The van der Waals surface area contributed by atoms with Crippen LogP contribution in [0.4, 0.5) is 0 Å². The third-order valence-corrected chi connectivity index (χ3v) is 4.23. The molecule has 7 heteroatoms. The Morgan fingerprint density at radius 2 is 1.55 bits per heavy atom. The highest BCUT2D eigenvalue weighted by atomic mass is 16.5. The summed E-state index contributed by atoms with van der Waals surface area (Å²) in [6.45, 7) is 0.640. The van der Waals surface area contributed by atoms with Crippen LogP contribution in [0.3, 0.4) is 0 Å². The molecule has 29 heavy (non-hydrogen) atoms. The van der Waals surface area contributed by atoms with Crippen molar-refractivity contribution in [2.75, 3.05) is 6.54 Å². The maximum Gasteiger partial charge on any atom is 0.329 e. The topological polar surface area (TPSA) is 120 Å². The number of carbonyl (C=O) groups excluding carboxylic acids is 2. The Labute approximate surface area is 171 Å². The van der Waals surface area contributed by atoms with Gasteiger partial charge in [0.15, 0.2) is 5.96 Å². The summed E-state index contributed by atoms with van der Waals surface area (Å²) in [5.41, 5.74) is 12.4. The second kappa shape index (κ2) is 12.2. The van der Waals surface area contributed by atoms with Crippen LogP contribution in [0.15, 0.2) is 65.7 Å². The SMILES string of the molecule is NC(N)=NCCCCC(=O)N[C@@H](Cc1ccccc1)C(=O)OCc1ccccc1. The number of carbonyl (C=O) groups is 2. The molecule has 0 aliphatic rings. The van der Waals surface area contributed by atoms with Gasteiger partial charge in [0, 0.05) is 19.4 Å². The maximum absolute atomic E-state index is 12.6. The first kappa shape index (κ1) is 21.9. The van der Waals surface area contributed by atoms with Crippen molar-refractivity contribution >= 4 is 17.8 Å². The zero-order chi connectivity index (χ0) is 20.9. The summed E-state index contributed by atoms with van der Waals surface area (Å²) in [7, 11) is 0. The highest BCUT2D eigenvalue weighted by Crippen LogP contribution is 2.08. The van der Waals surface area contributed by atoms with Crippen molar-refractivity contribution in [1.29, 1.82) is 0 Å². The number of hydrogen-bond acceptors (Lipinski definition) is 4. The fourth-order valence-electron chi connectivity index (χ4n) is 2.74. The van der Waals surface area contributed by atoms with E-state index in [1.807, 2.05) is 60.7 Å². The lowest BCUT2D eigenvalue weighted by Crippen LogP contribution is -2.43. The second-order valence-corrected chi connectivity index (χ2v) is 6.67. The Kier molecular flexibility index (Phi) is 9.21. The van der Waals surface area contributed by atoms with E-state index in [4.69, 9.17) is 16.2 Å². The molecule has 1 amide bonds. The Balaban J connectivity index is 1.90. The molecular weight excluding hydrogens is 368 g/mol. The molecule has 0 radical (unpaired) electrons. The molecule has 0 fully saturated rings. The Morgan fingerprint density at radius 1 is 0.931 bits per heavy atom. The van der Waals surface area contributed by atoms with Crippen molar-refractivity contribution < 1.29 is 14.3 Å². The number of nitrogens with two attached hydrogens (primary N) is 2. The lowest BCUT2D eigenvalue weighted by molar-refractivity contribution is -0.149. The van der Waals surface area contributed by atoms with Crippen molar-refractivity contribution in [2.45, 2.75) is 38.3 Å². The number of nitrogens with zero attached hydrogens (tertiary/aromatic N) is 1. The summed E-state index contributed by atoms with van der Waals surface area (Å²) >= 11 is 0. The first-order valence-electron chi connectivity index (χ1n) is 9.64. The van der Waals surface area contributed by atoms with Gasteiger partial charge in [-0.2, -0.15) is 0 Å². The molecule has 2 aromatic rings. The monoisotopic (exact) mass is 396 g/mol. The molecule has 7 nitrogen and oxygen atoms in total. The van der Waals surface area contributed by atoms with Crippen molar-refractivity contribution in [3.63, 3.8) is 0 Å². The second-order valence-electron chi connectivity index (χ2n) is 6.67. The third kappa shape index (κ3) is 8.92. The number of esters is 1. The van der Waals surface area contributed by atoms with E-state index in [2.05, 4.69) is 10.3 Å². The van der Waals surface area contributed by atoms with Gasteiger partial charge in [-0.15, -0.1) is 0 Å². The highest BCUT2D eigenvalue weighted by Gasteiger charge is 2.22.